The third-order valence-corrected chi connectivity index (χ3v) is 2.42. The van der Waals surface area contributed by atoms with E-state index < -0.39 is 11.9 Å². The van der Waals surface area contributed by atoms with Crippen LogP contribution >= 0.6 is 0 Å². The van der Waals surface area contributed by atoms with Crippen molar-refractivity contribution in [2.75, 3.05) is 6.61 Å². The molecule has 18 heavy (non-hydrogen) atoms. The van der Waals surface area contributed by atoms with Gasteiger partial charge in [-0.1, -0.05) is 6.07 Å². The van der Waals surface area contributed by atoms with Crippen LogP contribution in [0.5, 0.6) is 0 Å². The van der Waals surface area contributed by atoms with Gasteiger partial charge in [-0.05, 0) is 19.1 Å². The lowest BCUT2D eigenvalue weighted by Gasteiger charge is -2.02. The van der Waals surface area contributed by atoms with E-state index in [1.165, 1.54) is 0 Å². The molecule has 0 amide bonds. The Labute approximate surface area is 103 Å². The first-order valence-corrected chi connectivity index (χ1v) is 5.48. The number of carboxylic acids is 1. The summed E-state index contributed by atoms with van der Waals surface area (Å²) in [6, 6.07) is 5.21. The van der Waals surface area contributed by atoms with E-state index in [2.05, 4.69) is 4.98 Å². The van der Waals surface area contributed by atoms with Crippen LogP contribution in [0.4, 0.5) is 0 Å². The molecule has 0 saturated heterocycles. The van der Waals surface area contributed by atoms with Gasteiger partial charge in [0.1, 0.15) is 5.65 Å². The van der Waals surface area contributed by atoms with Gasteiger partial charge in [0.05, 0.1) is 18.7 Å². The van der Waals surface area contributed by atoms with E-state index in [1.807, 2.05) is 0 Å². The number of carbonyl (C=O) groups excluding carboxylic acids is 1. The van der Waals surface area contributed by atoms with Crippen molar-refractivity contribution in [1.82, 2.24) is 9.38 Å². The summed E-state index contributed by atoms with van der Waals surface area (Å²) in [6.07, 6.45) is 1.39. The Morgan fingerprint density at radius 3 is 2.89 bits per heavy atom. The lowest BCUT2D eigenvalue weighted by molar-refractivity contribution is -0.136. The topological polar surface area (TPSA) is 80.9 Å². The largest absolute Gasteiger partial charge is 0.481 e. The maximum Gasteiger partial charge on any atom is 0.358 e. The summed E-state index contributed by atoms with van der Waals surface area (Å²) in [4.78, 5) is 26.7. The molecule has 0 aliphatic heterocycles. The first kappa shape index (κ1) is 12.1. The summed E-state index contributed by atoms with van der Waals surface area (Å²) in [5.41, 5.74) is 0.916. The highest BCUT2D eigenvalue weighted by atomic mass is 16.5. The number of ether oxygens (including phenoxy) is 1. The fourth-order valence-corrected chi connectivity index (χ4v) is 1.72. The van der Waals surface area contributed by atoms with Crippen LogP contribution < -0.4 is 0 Å². The second-order valence-electron chi connectivity index (χ2n) is 3.63. The second kappa shape index (κ2) is 4.87. The van der Waals surface area contributed by atoms with Gasteiger partial charge in [-0.25, -0.2) is 9.78 Å². The molecule has 1 N–H and O–H groups in total. The number of aliphatic carboxylic acids is 1. The summed E-state index contributed by atoms with van der Waals surface area (Å²) in [5, 5.41) is 8.89. The zero-order valence-corrected chi connectivity index (χ0v) is 9.79. The van der Waals surface area contributed by atoms with Gasteiger partial charge in [0.2, 0.25) is 0 Å². The number of fused-ring (bicyclic) bond motifs is 1. The van der Waals surface area contributed by atoms with Crippen LogP contribution in [0.1, 0.15) is 23.1 Å². The molecule has 2 rings (SSSR count). The highest BCUT2D eigenvalue weighted by molar-refractivity contribution is 5.91. The molecule has 0 aromatic carbocycles. The first-order valence-electron chi connectivity index (χ1n) is 5.48. The smallest absolute Gasteiger partial charge is 0.358 e. The summed E-state index contributed by atoms with van der Waals surface area (Å²) >= 11 is 0. The number of pyridine rings is 1. The van der Waals surface area contributed by atoms with Gasteiger partial charge in [0, 0.05) is 6.20 Å². The maximum atomic E-state index is 11.7. The van der Waals surface area contributed by atoms with Crippen molar-refractivity contribution in [2.24, 2.45) is 0 Å². The van der Waals surface area contributed by atoms with E-state index in [0.717, 1.165) is 0 Å². The molecule has 2 aromatic heterocycles. The van der Waals surface area contributed by atoms with Gasteiger partial charge in [0.25, 0.3) is 0 Å². The minimum absolute atomic E-state index is 0.0606. The van der Waals surface area contributed by atoms with Crippen molar-refractivity contribution < 1.29 is 19.4 Å². The third kappa shape index (κ3) is 2.17. The maximum absolute atomic E-state index is 11.7. The van der Waals surface area contributed by atoms with Gasteiger partial charge in [-0.3, -0.25) is 4.79 Å². The van der Waals surface area contributed by atoms with Crippen molar-refractivity contribution in [1.29, 1.82) is 0 Å². The molecule has 0 aliphatic carbocycles. The monoisotopic (exact) mass is 248 g/mol. The molecule has 2 aromatic rings. The molecule has 0 saturated carbocycles. The second-order valence-corrected chi connectivity index (χ2v) is 3.63. The number of hydrogen-bond donors (Lipinski definition) is 1. The van der Waals surface area contributed by atoms with E-state index in [4.69, 9.17) is 9.84 Å². The lowest BCUT2D eigenvalue weighted by atomic mass is 10.2. The molecule has 0 atom stereocenters. The standard InChI is InChI=1S/C12H12N2O4/c1-2-18-12(17)11-8(7-10(15)16)14-6-4-3-5-9(14)13-11/h3-6H,2,7H2,1H3,(H,15,16). The van der Waals surface area contributed by atoms with Crippen LogP contribution in [-0.4, -0.2) is 33.0 Å². The molecule has 0 unspecified atom stereocenters. The van der Waals surface area contributed by atoms with E-state index in [0.29, 0.717) is 11.3 Å². The summed E-state index contributed by atoms with van der Waals surface area (Å²) in [7, 11) is 0. The molecule has 0 spiro atoms. The Balaban J connectivity index is 2.56. The molecule has 0 bridgehead atoms. The van der Waals surface area contributed by atoms with Gasteiger partial charge in [0.15, 0.2) is 5.69 Å². The molecular formula is C12H12N2O4. The van der Waals surface area contributed by atoms with Crippen LogP contribution in [0, 0.1) is 0 Å². The van der Waals surface area contributed by atoms with E-state index in [-0.39, 0.29) is 18.7 Å². The molecule has 6 nitrogen and oxygen atoms in total. The van der Waals surface area contributed by atoms with Gasteiger partial charge >= 0.3 is 11.9 Å². The lowest BCUT2D eigenvalue weighted by Crippen LogP contribution is -2.12. The van der Waals surface area contributed by atoms with Crippen LogP contribution in [0.15, 0.2) is 24.4 Å². The molecule has 94 valence electrons. The third-order valence-electron chi connectivity index (χ3n) is 2.42. The van der Waals surface area contributed by atoms with Crippen molar-refractivity contribution >= 4 is 17.6 Å². The number of hydrogen-bond acceptors (Lipinski definition) is 4. The number of rotatable bonds is 4. The van der Waals surface area contributed by atoms with E-state index in [1.54, 1.807) is 35.7 Å². The Kier molecular flexibility index (Phi) is 3.27. The zero-order valence-electron chi connectivity index (χ0n) is 9.79. The van der Waals surface area contributed by atoms with E-state index >= 15 is 0 Å². The molecule has 6 heteroatoms. The summed E-state index contributed by atoms with van der Waals surface area (Å²) < 4.78 is 6.46. The fraction of sp³-hybridized carbons (Fsp3) is 0.250. The Morgan fingerprint density at radius 2 is 2.22 bits per heavy atom. The number of esters is 1. The van der Waals surface area contributed by atoms with Crippen molar-refractivity contribution in [3.05, 3.63) is 35.8 Å². The van der Waals surface area contributed by atoms with Gasteiger partial charge < -0.3 is 14.2 Å². The average Bonchev–Trinajstić information content (AvgIpc) is 2.68. The van der Waals surface area contributed by atoms with Crippen LogP contribution in [0.2, 0.25) is 0 Å². The Bertz CT molecular complexity index is 603. The van der Waals surface area contributed by atoms with Crippen LogP contribution in [0.3, 0.4) is 0 Å². The van der Waals surface area contributed by atoms with Crippen LogP contribution in [-0.2, 0) is 16.0 Å². The quantitative estimate of drug-likeness (QED) is 0.820. The average molecular weight is 248 g/mol. The van der Waals surface area contributed by atoms with Crippen LogP contribution in [0.25, 0.3) is 5.65 Å². The summed E-state index contributed by atoms with van der Waals surface area (Å²) in [5.74, 6) is -1.62. The fourth-order valence-electron chi connectivity index (χ4n) is 1.72. The molecule has 0 radical (unpaired) electrons. The molecular weight excluding hydrogens is 236 g/mol. The predicted molar refractivity (Wildman–Crippen MR) is 62.5 cm³/mol. The zero-order chi connectivity index (χ0) is 13.1. The highest BCUT2D eigenvalue weighted by Gasteiger charge is 2.21. The number of carboxylic acid groups (broad SMARTS) is 1. The first-order chi connectivity index (χ1) is 8.63. The van der Waals surface area contributed by atoms with Crippen molar-refractivity contribution in [2.45, 2.75) is 13.3 Å². The Hall–Kier alpha value is -2.37. The highest BCUT2D eigenvalue weighted by Crippen LogP contribution is 2.14. The van der Waals surface area contributed by atoms with Gasteiger partial charge in [-0.15, -0.1) is 0 Å². The SMILES string of the molecule is CCOC(=O)c1nc2ccccn2c1CC(=O)O. The van der Waals surface area contributed by atoms with Crippen molar-refractivity contribution in [3.8, 4) is 0 Å². The summed E-state index contributed by atoms with van der Waals surface area (Å²) in [6.45, 7) is 1.91. The molecule has 0 aliphatic rings. The number of imidazole rings is 1. The van der Waals surface area contributed by atoms with Crippen molar-refractivity contribution in [3.63, 3.8) is 0 Å². The molecule has 0 fully saturated rings. The number of nitrogens with zero attached hydrogens (tertiary/aromatic N) is 2. The minimum atomic E-state index is -1.02. The Morgan fingerprint density at radius 1 is 1.44 bits per heavy atom. The predicted octanol–water partition coefficient (Wildman–Crippen LogP) is 1.14. The van der Waals surface area contributed by atoms with Gasteiger partial charge in [-0.2, -0.15) is 0 Å². The minimum Gasteiger partial charge on any atom is -0.481 e. The number of carbonyl (C=O) groups is 2. The molecule has 2 heterocycles. The number of aromatic nitrogens is 2. The van der Waals surface area contributed by atoms with E-state index in [9.17, 15) is 9.59 Å². The normalized spacial score (nSPS) is 10.5.